The Morgan fingerprint density at radius 3 is 2.48 bits per heavy atom. The van der Waals surface area contributed by atoms with E-state index in [4.69, 9.17) is 0 Å². The minimum Gasteiger partial charge on any atom is -0.356 e. The molecule has 0 aromatic heterocycles. The van der Waals surface area contributed by atoms with Crippen molar-refractivity contribution in [1.29, 1.82) is 0 Å². The lowest BCUT2D eigenvalue weighted by Crippen LogP contribution is -2.42. The smallest absolute Gasteiger partial charge is 0.356 e. The maximum absolute atomic E-state index is 12.5. The van der Waals surface area contributed by atoms with Gasteiger partial charge in [-0.2, -0.15) is 13.2 Å². The first kappa shape index (κ1) is 20.3. The van der Waals surface area contributed by atoms with Crippen LogP contribution in [-0.4, -0.2) is 68.3 Å². The third kappa shape index (κ3) is 6.04. The molecule has 1 N–H and O–H groups in total. The molecule has 2 aliphatic heterocycles. The van der Waals surface area contributed by atoms with Crippen molar-refractivity contribution in [3.63, 3.8) is 0 Å². The molecule has 0 bridgehead atoms. The molecule has 146 valence electrons. The lowest BCUT2D eigenvalue weighted by atomic mass is 9.87. The van der Waals surface area contributed by atoms with E-state index in [0.29, 0.717) is 19.6 Å². The second kappa shape index (κ2) is 9.10. The van der Waals surface area contributed by atoms with Gasteiger partial charge in [-0.15, -0.1) is 0 Å². The van der Waals surface area contributed by atoms with Crippen molar-refractivity contribution in [2.75, 3.05) is 46.3 Å². The number of halogens is 3. The maximum Gasteiger partial charge on any atom is 0.401 e. The van der Waals surface area contributed by atoms with Gasteiger partial charge in [0, 0.05) is 33.2 Å². The quantitative estimate of drug-likeness (QED) is 0.581. The number of nitrogens with zero attached hydrogens (tertiary/aromatic N) is 3. The van der Waals surface area contributed by atoms with Gasteiger partial charge in [-0.25, -0.2) is 0 Å². The van der Waals surface area contributed by atoms with Gasteiger partial charge in [0.2, 0.25) is 0 Å². The van der Waals surface area contributed by atoms with Crippen LogP contribution < -0.4 is 5.32 Å². The Morgan fingerprint density at radius 2 is 1.88 bits per heavy atom. The Labute approximate surface area is 149 Å². The summed E-state index contributed by atoms with van der Waals surface area (Å²) in [5, 5.41) is 3.40. The summed E-state index contributed by atoms with van der Waals surface area (Å²) in [5.41, 5.74) is 0. The Bertz CT molecular complexity index is 435. The van der Waals surface area contributed by atoms with Crippen molar-refractivity contribution in [2.24, 2.45) is 22.7 Å². The minimum absolute atomic E-state index is 0.261. The first-order chi connectivity index (χ1) is 11.9. The summed E-state index contributed by atoms with van der Waals surface area (Å²) in [6, 6.07) is 0. The van der Waals surface area contributed by atoms with Crippen LogP contribution in [0.15, 0.2) is 4.99 Å². The first-order valence-electron chi connectivity index (χ1n) is 9.60. The van der Waals surface area contributed by atoms with Crippen molar-refractivity contribution < 1.29 is 13.2 Å². The van der Waals surface area contributed by atoms with Gasteiger partial charge in [0.1, 0.15) is 0 Å². The summed E-state index contributed by atoms with van der Waals surface area (Å²) in [5.74, 6) is 2.66. The van der Waals surface area contributed by atoms with Crippen LogP contribution in [0.5, 0.6) is 0 Å². The Morgan fingerprint density at radius 1 is 1.16 bits per heavy atom. The van der Waals surface area contributed by atoms with Gasteiger partial charge in [-0.1, -0.05) is 26.7 Å². The van der Waals surface area contributed by atoms with Gasteiger partial charge in [-0.05, 0) is 37.1 Å². The fourth-order valence-corrected chi connectivity index (χ4v) is 4.36. The molecule has 25 heavy (non-hydrogen) atoms. The summed E-state index contributed by atoms with van der Waals surface area (Å²) in [7, 11) is 1.79. The molecule has 2 saturated heterocycles. The van der Waals surface area contributed by atoms with E-state index in [-0.39, 0.29) is 5.92 Å². The molecular weight excluding hydrogens is 329 g/mol. The van der Waals surface area contributed by atoms with E-state index in [2.05, 4.69) is 29.1 Å². The van der Waals surface area contributed by atoms with E-state index in [9.17, 15) is 13.2 Å². The van der Waals surface area contributed by atoms with Crippen LogP contribution >= 0.6 is 0 Å². The summed E-state index contributed by atoms with van der Waals surface area (Å²) < 4.78 is 37.5. The maximum atomic E-state index is 12.5. The molecular formula is C18H33F3N4. The molecule has 2 fully saturated rings. The largest absolute Gasteiger partial charge is 0.401 e. The van der Waals surface area contributed by atoms with Crippen LogP contribution in [-0.2, 0) is 0 Å². The molecule has 0 spiro atoms. The highest BCUT2D eigenvalue weighted by molar-refractivity contribution is 5.80. The van der Waals surface area contributed by atoms with Crippen molar-refractivity contribution in [3.05, 3.63) is 0 Å². The highest BCUT2D eigenvalue weighted by Gasteiger charge is 2.34. The fourth-order valence-electron chi connectivity index (χ4n) is 4.36. The third-order valence-electron chi connectivity index (χ3n) is 5.77. The molecule has 2 rings (SSSR count). The summed E-state index contributed by atoms with van der Waals surface area (Å²) in [6.45, 7) is 7.54. The number of hydrogen-bond donors (Lipinski definition) is 1. The van der Waals surface area contributed by atoms with E-state index in [1.54, 1.807) is 7.05 Å². The number of likely N-dealkylation sites (tertiary alicyclic amines) is 2. The van der Waals surface area contributed by atoms with Gasteiger partial charge in [-0.3, -0.25) is 9.89 Å². The van der Waals surface area contributed by atoms with Crippen molar-refractivity contribution in [2.45, 2.75) is 45.7 Å². The van der Waals surface area contributed by atoms with Gasteiger partial charge < -0.3 is 10.2 Å². The Kier molecular flexibility index (Phi) is 7.40. The van der Waals surface area contributed by atoms with E-state index in [1.807, 2.05) is 0 Å². The monoisotopic (exact) mass is 362 g/mol. The molecule has 4 nitrogen and oxygen atoms in total. The van der Waals surface area contributed by atoms with Gasteiger partial charge in [0.15, 0.2) is 5.96 Å². The van der Waals surface area contributed by atoms with Crippen LogP contribution in [0.1, 0.15) is 39.5 Å². The number of guanidine groups is 1. The molecule has 0 aromatic carbocycles. The molecule has 0 aliphatic carbocycles. The highest BCUT2D eigenvalue weighted by atomic mass is 19.4. The molecule has 7 heteroatoms. The number of aliphatic imine (C=N–C) groups is 1. The van der Waals surface area contributed by atoms with Gasteiger partial charge >= 0.3 is 6.18 Å². The average molecular weight is 362 g/mol. The summed E-state index contributed by atoms with van der Waals surface area (Å²) >= 11 is 0. The molecule has 0 saturated carbocycles. The molecule has 2 unspecified atom stereocenters. The standard InChI is InChI=1S/C18H33F3N4/c1-4-15(5-2)16-7-9-25(12-16)17(22-3)23-10-14-6-8-24(11-14)13-18(19,20)21/h14-16H,4-13H2,1-3H3,(H,22,23). The van der Waals surface area contributed by atoms with Crippen LogP contribution in [0.3, 0.4) is 0 Å². The average Bonchev–Trinajstić information content (AvgIpc) is 3.18. The second-order valence-corrected chi connectivity index (χ2v) is 7.50. The molecule has 2 atom stereocenters. The molecule has 2 aliphatic rings. The Balaban J connectivity index is 1.76. The van der Waals surface area contributed by atoms with Gasteiger partial charge in [0.25, 0.3) is 0 Å². The highest BCUT2D eigenvalue weighted by Crippen LogP contribution is 2.29. The number of nitrogens with one attached hydrogen (secondary N) is 1. The first-order valence-corrected chi connectivity index (χ1v) is 9.60. The Hall–Kier alpha value is -0.980. The molecule has 2 heterocycles. The number of hydrogen-bond acceptors (Lipinski definition) is 2. The molecule has 0 aromatic rings. The molecule has 0 radical (unpaired) electrons. The minimum atomic E-state index is -4.10. The summed E-state index contributed by atoms with van der Waals surface area (Å²) in [6.07, 6.45) is 0.362. The number of alkyl halides is 3. The van der Waals surface area contributed by atoms with Crippen LogP contribution in [0.4, 0.5) is 13.2 Å². The van der Waals surface area contributed by atoms with E-state index < -0.39 is 12.7 Å². The van der Waals surface area contributed by atoms with Crippen LogP contribution in [0.25, 0.3) is 0 Å². The fraction of sp³-hybridized carbons (Fsp3) is 0.944. The zero-order chi connectivity index (χ0) is 18.4. The van der Waals surface area contributed by atoms with Crippen LogP contribution in [0, 0.1) is 17.8 Å². The predicted octanol–water partition coefficient (Wildman–Crippen LogP) is 3.20. The second-order valence-electron chi connectivity index (χ2n) is 7.50. The lowest BCUT2D eigenvalue weighted by molar-refractivity contribution is -0.143. The predicted molar refractivity (Wildman–Crippen MR) is 95.7 cm³/mol. The lowest BCUT2D eigenvalue weighted by Gasteiger charge is -2.25. The van der Waals surface area contributed by atoms with Crippen molar-refractivity contribution in [3.8, 4) is 0 Å². The van der Waals surface area contributed by atoms with Gasteiger partial charge in [0.05, 0.1) is 6.54 Å². The molecule has 0 amide bonds. The van der Waals surface area contributed by atoms with Crippen LogP contribution in [0.2, 0.25) is 0 Å². The SMILES string of the molecule is CCC(CC)C1CCN(C(=NC)NCC2CCN(CC(F)(F)F)C2)C1. The zero-order valence-electron chi connectivity index (χ0n) is 15.8. The number of rotatable bonds is 6. The third-order valence-corrected chi connectivity index (χ3v) is 5.77. The zero-order valence-corrected chi connectivity index (χ0v) is 15.8. The van der Waals surface area contributed by atoms with Crippen molar-refractivity contribution >= 4 is 5.96 Å². The normalized spacial score (nSPS) is 26.0. The van der Waals surface area contributed by atoms with E-state index >= 15 is 0 Å². The van der Waals surface area contributed by atoms with E-state index in [1.165, 1.54) is 24.2 Å². The topological polar surface area (TPSA) is 30.9 Å². The van der Waals surface area contributed by atoms with E-state index in [0.717, 1.165) is 37.3 Å². The van der Waals surface area contributed by atoms with Crippen molar-refractivity contribution in [1.82, 2.24) is 15.1 Å². The summed E-state index contributed by atoms with van der Waals surface area (Å²) in [4.78, 5) is 8.21.